The van der Waals surface area contributed by atoms with E-state index in [-0.39, 0.29) is 5.82 Å². The fourth-order valence-electron chi connectivity index (χ4n) is 2.91. The minimum absolute atomic E-state index is 0.223. The van der Waals surface area contributed by atoms with Crippen LogP contribution in [-0.2, 0) is 10.2 Å². The molecule has 4 N–H and O–H groups in total. The number of amides is 1. The Morgan fingerprint density at radius 1 is 1.00 bits per heavy atom. The number of nitrogens with zero attached hydrogens (tertiary/aromatic N) is 4. The number of hydrogen-bond acceptors (Lipinski definition) is 7. The number of pyridine rings is 1. The van der Waals surface area contributed by atoms with Gasteiger partial charge in [-0.15, -0.1) is 0 Å². The Bertz CT molecular complexity index is 1220. The van der Waals surface area contributed by atoms with Crippen LogP contribution >= 0.6 is 0 Å². The van der Waals surface area contributed by atoms with E-state index in [2.05, 4.69) is 20.1 Å². The van der Waals surface area contributed by atoms with Gasteiger partial charge >= 0.3 is 0 Å². The number of anilines is 1. The number of benzene rings is 1. The van der Waals surface area contributed by atoms with Crippen LogP contribution in [0.1, 0.15) is 19.5 Å². The van der Waals surface area contributed by atoms with Gasteiger partial charge in [-0.25, -0.2) is 9.97 Å². The van der Waals surface area contributed by atoms with Crippen LogP contribution in [0.15, 0.2) is 65.4 Å². The second-order valence-corrected chi connectivity index (χ2v) is 7.35. The quantitative estimate of drug-likeness (QED) is 0.525. The third-order valence-corrected chi connectivity index (χ3v) is 4.93. The summed E-state index contributed by atoms with van der Waals surface area (Å²) in [6, 6.07) is 15.0. The molecule has 0 aliphatic carbocycles. The maximum atomic E-state index is 11.8. The summed E-state index contributed by atoms with van der Waals surface area (Å²) in [6.07, 6.45) is 3.17. The molecule has 8 nitrogen and oxygen atoms in total. The van der Waals surface area contributed by atoms with Crippen molar-refractivity contribution in [2.24, 2.45) is 5.73 Å². The zero-order valence-electron chi connectivity index (χ0n) is 16.5. The van der Waals surface area contributed by atoms with Crippen LogP contribution in [0.3, 0.4) is 0 Å². The molecule has 0 radical (unpaired) electrons. The molecule has 150 valence electrons. The van der Waals surface area contributed by atoms with Gasteiger partial charge in [0.15, 0.2) is 17.3 Å². The molecule has 4 rings (SSSR count). The van der Waals surface area contributed by atoms with Gasteiger partial charge in [-0.1, -0.05) is 35.5 Å². The summed E-state index contributed by atoms with van der Waals surface area (Å²) in [5.74, 6) is 0.167. The molecule has 0 saturated heterocycles. The van der Waals surface area contributed by atoms with Crippen LogP contribution in [0.4, 0.5) is 5.82 Å². The first-order valence-corrected chi connectivity index (χ1v) is 9.28. The number of carbonyl (C=O) groups excluding carboxylic acids is 1. The molecule has 1 aromatic carbocycles. The van der Waals surface area contributed by atoms with Gasteiger partial charge in [0.25, 0.3) is 0 Å². The third kappa shape index (κ3) is 3.50. The predicted octanol–water partition coefficient (Wildman–Crippen LogP) is 3.21. The van der Waals surface area contributed by atoms with Gasteiger partial charge in [0.1, 0.15) is 5.69 Å². The van der Waals surface area contributed by atoms with Crippen molar-refractivity contribution in [1.82, 2.24) is 20.1 Å². The van der Waals surface area contributed by atoms with Gasteiger partial charge in [-0.05, 0) is 26.0 Å². The molecule has 3 aromatic heterocycles. The zero-order valence-corrected chi connectivity index (χ0v) is 16.5. The number of hydrogen-bond donors (Lipinski definition) is 2. The number of rotatable bonds is 5. The number of nitrogen functional groups attached to an aromatic ring is 1. The van der Waals surface area contributed by atoms with E-state index in [1.165, 1.54) is 0 Å². The first-order valence-electron chi connectivity index (χ1n) is 9.28. The highest BCUT2D eigenvalue weighted by Gasteiger charge is 2.29. The lowest BCUT2D eigenvalue weighted by atomic mass is 9.87. The van der Waals surface area contributed by atoms with E-state index in [9.17, 15) is 4.79 Å². The SMILES string of the molecule is CC(C)(C(N)=O)c1cc(-c2cnc(N)c(-c3cc(-c4ccccc4)no3)n2)ccn1. The minimum Gasteiger partial charge on any atom is -0.382 e. The second-order valence-electron chi connectivity index (χ2n) is 7.35. The molecule has 0 bridgehead atoms. The van der Waals surface area contributed by atoms with Gasteiger partial charge in [-0.3, -0.25) is 9.78 Å². The summed E-state index contributed by atoms with van der Waals surface area (Å²) in [5.41, 5.74) is 14.4. The van der Waals surface area contributed by atoms with E-state index >= 15 is 0 Å². The predicted molar refractivity (Wildman–Crippen MR) is 113 cm³/mol. The van der Waals surface area contributed by atoms with Crippen molar-refractivity contribution in [3.63, 3.8) is 0 Å². The molecule has 0 unspecified atom stereocenters. The number of nitrogens with two attached hydrogens (primary N) is 2. The summed E-state index contributed by atoms with van der Waals surface area (Å²) in [7, 11) is 0. The van der Waals surface area contributed by atoms with Crippen molar-refractivity contribution < 1.29 is 9.32 Å². The van der Waals surface area contributed by atoms with Crippen LogP contribution in [-0.4, -0.2) is 26.0 Å². The standard InChI is InChI=1S/C22H20N6O2/c1-22(2,21(24)29)18-10-14(8-9-25-18)16-12-26-20(23)19(27-16)17-11-15(28-30-17)13-6-4-3-5-7-13/h3-12H,1-2H3,(H2,23,26)(H2,24,29). The Balaban J connectivity index is 1.74. The van der Waals surface area contributed by atoms with Crippen LogP contribution in [0, 0.1) is 0 Å². The van der Waals surface area contributed by atoms with E-state index in [0.717, 1.165) is 11.1 Å². The summed E-state index contributed by atoms with van der Waals surface area (Å²) in [4.78, 5) is 25.0. The molecule has 0 spiro atoms. The van der Waals surface area contributed by atoms with Crippen molar-refractivity contribution in [2.75, 3.05) is 5.73 Å². The van der Waals surface area contributed by atoms with E-state index < -0.39 is 11.3 Å². The maximum Gasteiger partial charge on any atom is 0.229 e. The van der Waals surface area contributed by atoms with Crippen molar-refractivity contribution in [3.8, 4) is 34.0 Å². The topological polar surface area (TPSA) is 134 Å². The van der Waals surface area contributed by atoms with Crippen molar-refractivity contribution in [1.29, 1.82) is 0 Å². The monoisotopic (exact) mass is 400 g/mol. The fraction of sp³-hybridized carbons (Fsp3) is 0.136. The lowest BCUT2D eigenvalue weighted by Crippen LogP contribution is -2.36. The molecule has 0 fully saturated rings. The van der Waals surface area contributed by atoms with Gasteiger partial charge in [0.05, 0.1) is 23.0 Å². The molecular weight excluding hydrogens is 380 g/mol. The molecule has 8 heteroatoms. The molecule has 1 amide bonds. The van der Waals surface area contributed by atoms with Gasteiger partial charge in [0, 0.05) is 23.4 Å². The van der Waals surface area contributed by atoms with Crippen LogP contribution in [0.5, 0.6) is 0 Å². The highest BCUT2D eigenvalue weighted by atomic mass is 16.5. The Hall–Kier alpha value is -4.07. The number of primary amides is 1. The summed E-state index contributed by atoms with van der Waals surface area (Å²) in [5, 5.41) is 4.11. The first kappa shape index (κ1) is 19.3. The molecule has 30 heavy (non-hydrogen) atoms. The maximum absolute atomic E-state index is 11.8. The van der Waals surface area contributed by atoms with Gasteiger partial charge < -0.3 is 16.0 Å². The van der Waals surface area contributed by atoms with Crippen LogP contribution in [0.25, 0.3) is 34.0 Å². The summed E-state index contributed by atoms with van der Waals surface area (Å²) >= 11 is 0. The first-order chi connectivity index (χ1) is 14.4. The van der Waals surface area contributed by atoms with E-state index in [1.54, 1.807) is 44.4 Å². The number of carbonyl (C=O) groups is 1. The van der Waals surface area contributed by atoms with Crippen molar-refractivity contribution >= 4 is 11.7 Å². The van der Waals surface area contributed by atoms with Crippen molar-refractivity contribution in [2.45, 2.75) is 19.3 Å². The second kappa shape index (κ2) is 7.40. The minimum atomic E-state index is -0.921. The molecule has 0 aliphatic heterocycles. The average Bonchev–Trinajstić information content (AvgIpc) is 3.25. The number of aromatic nitrogens is 4. The normalized spacial score (nSPS) is 11.4. The van der Waals surface area contributed by atoms with Gasteiger partial charge in [-0.2, -0.15) is 0 Å². The fourth-order valence-corrected chi connectivity index (χ4v) is 2.91. The smallest absolute Gasteiger partial charge is 0.229 e. The van der Waals surface area contributed by atoms with Crippen LogP contribution in [0.2, 0.25) is 0 Å². The molecule has 0 saturated carbocycles. The Morgan fingerprint density at radius 2 is 1.77 bits per heavy atom. The summed E-state index contributed by atoms with van der Waals surface area (Å²) < 4.78 is 5.48. The molecular formula is C22H20N6O2. The van der Waals surface area contributed by atoms with Crippen molar-refractivity contribution in [3.05, 3.63) is 66.6 Å². The molecule has 4 aromatic rings. The molecule has 0 atom stereocenters. The van der Waals surface area contributed by atoms with Crippen LogP contribution < -0.4 is 11.5 Å². The van der Waals surface area contributed by atoms with Gasteiger partial charge in [0.2, 0.25) is 5.91 Å². The molecule has 0 aliphatic rings. The Morgan fingerprint density at radius 3 is 2.50 bits per heavy atom. The molecule has 3 heterocycles. The summed E-state index contributed by atoms with van der Waals surface area (Å²) in [6.45, 7) is 3.45. The van der Waals surface area contributed by atoms with E-state index in [1.807, 2.05) is 30.3 Å². The van der Waals surface area contributed by atoms with E-state index in [4.69, 9.17) is 16.0 Å². The lowest BCUT2D eigenvalue weighted by Gasteiger charge is -2.20. The zero-order chi connectivity index (χ0) is 21.3. The Kier molecular flexibility index (Phi) is 4.75. The highest BCUT2D eigenvalue weighted by molar-refractivity contribution is 5.85. The largest absolute Gasteiger partial charge is 0.382 e. The van der Waals surface area contributed by atoms with E-state index in [0.29, 0.717) is 28.5 Å². The Labute approximate surface area is 173 Å². The lowest BCUT2D eigenvalue weighted by molar-refractivity contribution is -0.122. The average molecular weight is 400 g/mol. The highest BCUT2D eigenvalue weighted by Crippen LogP contribution is 2.30. The third-order valence-electron chi connectivity index (χ3n) is 4.93.